The number of rotatable bonds is 6. The lowest BCUT2D eigenvalue weighted by Crippen LogP contribution is -2.36. The van der Waals surface area contributed by atoms with Gasteiger partial charge in [-0.3, -0.25) is 14.2 Å². The van der Waals surface area contributed by atoms with E-state index in [0.717, 1.165) is 42.7 Å². The lowest BCUT2D eigenvalue weighted by atomic mass is 10.0. The number of carbonyl (C=O) groups is 2. The summed E-state index contributed by atoms with van der Waals surface area (Å²) in [5, 5.41) is 0.378. The largest absolute Gasteiger partial charge is 0.462 e. The molecule has 0 aromatic carbocycles. The Kier molecular flexibility index (Phi) is 6.28. The summed E-state index contributed by atoms with van der Waals surface area (Å²) < 4.78 is 6.38. The summed E-state index contributed by atoms with van der Waals surface area (Å²) >= 11 is 1.14. The zero-order valence-electron chi connectivity index (χ0n) is 16.5. The number of ether oxygens (including phenoxy) is 1. The van der Waals surface area contributed by atoms with E-state index in [1.54, 1.807) is 18.7 Å². The fourth-order valence-corrected chi connectivity index (χ4v) is 4.53. The van der Waals surface area contributed by atoms with Crippen molar-refractivity contribution in [1.82, 2.24) is 14.5 Å². The van der Waals surface area contributed by atoms with E-state index in [0.29, 0.717) is 27.2 Å². The van der Waals surface area contributed by atoms with Crippen LogP contribution < -0.4 is 5.56 Å². The first kappa shape index (κ1) is 20.3. The van der Waals surface area contributed by atoms with Gasteiger partial charge in [-0.05, 0) is 52.0 Å². The Hall–Kier alpha value is -2.48. The Balaban J connectivity index is 1.91. The van der Waals surface area contributed by atoms with E-state index in [-0.39, 0.29) is 24.6 Å². The van der Waals surface area contributed by atoms with Crippen molar-refractivity contribution in [3.05, 3.63) is 38.9 Å². The van der Waals surface area contributed by atoms with Gasteiger partial charge in [0.15, 0.2) is 0 Å². The summed E-state index contributed by atoms with van der Waals surface area (Å²) in [6, 6.07) is 0. The average Bonchev–Trinajstić information content (AvgIpc) is 3.03. The molecule has 28 heavy (non-hydrogen) atoms. The van der Waals surface area contributed by atoms with Crippen LogP contribution in [0.4, 0.5) is 0 Å². The van der Waals surface area contributed by atoms with Gasteiger partial charge in [0.05, 0.1) is 18.3 Å². The van der Waals surface area contributed by atoms with E-state index < -0.39 is 5.97 Å². The summed E-state index contributed by atoms with van der Waals surface area (Å²) in [6.45, 7) is 6.15. The summed E-state index contributed by atoms with van der Waals surface area (Å²) in [5.41, 5.74) is 1.29. The normalized spacial score (nSPS) is 14.0. The number of aryl methyl sites for hydroxylation is 1. The van der Waals surface area contributed by atoms with Crippen LogP contribution in [0.25, 0.3) is 10.2 Å². The quantitative estimate of drug-likeness (QED) is 0.692. The molecule has 0 fully saturated rings. The summed E-state index contributed by atoms with van der Waals surface area (Å²) in [5.74, 6) is -0.580. The number of hydrogen-bond acceptors (Lipinski definition) is 6. The van der Waals surface area contributed by atoms with Crippen LogP contribution in [0.1, 0.15) is 54.8 Å². The number of allylic oxidation sites excluding steroid dienone is 2. The molecule has 0 radical (unpaired) electrons. The molecule has 1 aliphatic carbocycles. The van der Waals surface area contributed by atoms with Crippen LogP contribution in [0.5, 0.6) is 0 Å². The fraction of sp³-hybridized carbons (Fsp3) is 0.500. The average molecular weight is 404 g/mol. The van der Waals surface area contributed by atoms with Crippen molar-refractivity contribution >= 4 is 33.4 Å². The van der Waals surface area contributed by atoms with Gasteiger partial charge in [-0.25, -0.2) is 9.78 Å². The molecule has 0 N–H and O–H groups in total. The first-order valence-corrected chi connectivity index (χ1v) is 10.4. The molecule has 1 amide bonds. The van der Waals surface area contributed by atoms with E-state index in [1.165, 1.54) is 10.9 Å². The zero-order valence-corrected chi connectivity index (χ0v) is 17.3. The van der Waals surface area contributed by atoms with Crippen molar-refractivity contribution in [2.45, 2.75) is 53.0 Å². The van der Waals surface area contributed by atoms with Gasteiger partial charge < -0.3 is 9.64 Å². The molecule has 2 aromatic rings. The number of nitrogens with zero attached hydrogens (tertiary/aromatic N) is 3. The third-order valence-electron chi connectivity index (χ3n) is 4.91. The summed E-state index contributed by atoms with van der Waals surface area (Å²) in [7, 11) is 0. The van der Waals surface area contributed by atoms with Crippen molar-refractivity contribution < 1.29 is 14.3 Å². The highest BCUT2D eigenvalue weighted by atomic mass is 32.1. The molecular weight excluding hydrogens is 378 g/mol. The number of carbonyl (C=O) groups excluding carboxylic acids is 2. The Morgan fingerprint density at radius 1 is 1.32 bits per heavy atom. The predicted molar refractivity (Wildman–Crippen MR) is 109 cm³/mol. The maximum atomic E-state index is 13.0. The van der Waals surface area contributed by atoms with Gasteiger partial charge in [-0.15, -0.1) is 11.3 Å². The lowest BCUT2D eigenvalue weighted by Gasteiger charge is -2.26. The number of aromatic nitrogens is 2. The monoisotopic (exact) mass is 403 g/mol. The van der Waals surface area contributed by atoms with Crippen molar-refractivity contribution in [1.29, 1.82) is 0 Å². The van der Waals surface area contributed by atoms with Gasteiger partial charge in [0.2, 0.25) is 5.91 Å². The van der Waals surface area contributed by atoms with E-state index in [2.05, 4.69) is 11.1 Å². The number of hydrogen-bond donors (Lipinski definition) is 0. The molecule has 3 rings (SSSR count). The van der Waals surface area contributed by atoms with E-state index in [4.69, 9.17) is 4.74 Å². The minimum absolute atomic E-state index is 0.0724. The standard InChI is InChI=1S/C20H25N3O4S/c1-4-23(14-9-7-6-8-10-14)15(24)11-22-12-21-18-16(19(22)25)13(3)17(28-18)20(26)27-5-2/h9,12H,4-8,10-11H2,1-3H3. The molecule has 0 saturated heterocycles. The molecule has 1 aliphatic rings. The molecule has 150 valence electrons. The molecule has 2 aromatic heterocycles. The molecular formula is C20H25N3O4S. The third-order valence-corrected chi connectivity index (χ3v) is 6.09. The van der Waals surface area contributed by atoms with Gasteiger partial charge in [0, 0.05) is 12.2 Å². The fourth-order valence-electron chi connectivity index (χ4n) is 3.50. The zero-order chi connectivity index (χ0) is 20.3. The highest BCUT2D eigenvalue weighted by Crippen LogP contribution is 2.27. The van der Waals surface area contributed by atoms with Crippen LogP contribution in [0.15, 0.2) is 22.9 Å². The first-order valence-electron chi connectivity index (χ1n) is 9.62. The SMILES string of the molecule is CCOC(=O)c1sc2ncn(CC(=O)N(CC)C3=CCCCC3)c(=O)c2c1C. The molecule has 0 bridgehead atoms. The van der Waals surface area contributed by atoms with Crippen molar-refractivity contribution in [2.24, 2.45) is 0 Å². The first-order chi connectivity index (χ1) is 13.5. The molecule has 0 atom stereocenters. The van der Waals surface area contributed by atoms with Gasteiger partial charge in [-0.1, -0.05) is 6.08 Å². The highest BCUT2D eigenvalue weighted by Gasteiger charge is 2.22. The van der Waals surface area contributed by atoms with Crippen LogP contribution in [-0.4, -0.2) is 39.5 Å². The molecule has 8 heteroatoms. The topological polar surface area (TPSA) is 81.5 Å². The predicted octanol–water partition coefficient (Wildman–Crippen LogP) is 3.25. The molecule has 7 nitrogen and oxygen atoms in total. The van der Waals surface area contributed by atoms with Crippen LogP contribution in [0, 0.1) is 6.92 Å². The maximum Gasteiger partial charge on any atom is 0.348 e. The maximum absolute atomic E-state index is 13.0. The minimum Gasteiger partial charge on any atom is -0.462 e. The third kappa shape index (κ3) is 3.87. The minimum atomic E-state index is -0.452. The van der Waals surface area contributed by atoms with Crippen LogP contribution in [-0.2, 0) is 16.1 Å². The number of amides is 1. The van der Waals surface area contributed by atoms with Crippen molar-refractivity contribution in [3.8, 4) is 0 Å². The van der Waals surface area contributed by atoms with Crippen LogP contribution in [0.2, 0.25) is 0 Å². The van der Waals surface area contributed by atoms with Gasteiger partial charge in [-0.2, -0.15) is 0 Å². The number of thiophene rings is 1. The second kappa shape index (κ2) is 8.68. The van der Waals surface area contributed by atoms with Crippen molar-refractivity contribution in [2.75, 3.05) is 13.2 Å². The smallest absolute Gasteiger partial charge is 0.348 e. The Bertz CT molecular complexity index is 989. The van der Waals surface area contributed by atoms with E-state index in [1.807, 2.05) is 6.92 Å². The van der Waals surface area contributed by atoms with E-state index in [9.17, 15) is 14.4 Å². The lowest BCUT2D eigenvalue weighted by molar-refractivity contribution is -0.130. The summed E-state index contributed by atoms with van der Waals surface area (Å²) in [6.07, 6.45) is 7.60. The van der Waals surface area contributed by atoms with Crippen LogP contribution in [0.3, 0.4) is 0 Å². The molecule has 0 saturated carbocycles. The van der Waals surface area contributed by atoms with Gasteiger partial charge in [0.1, 0.15) is 16.3 Å². The second-order valence-corrected chi connectivity index (χ2v) is 7.71. The second-order valence-electron chi connectivity index (χ2n) is 6.71. The number of fused-ring (bicyclic) bond motifs is 1. The Morgan fingerprint density at radius 3 is 2.75 bits per heavy atom. The van der Waals surface area contributed by atoms with Gasteiger partial charge in [0.25, 0.3) is 5.56 Å². The van der Waals surface area contributed by atoms with E-state index >= 15 is 0 Å². The van der Waals surface area contributed by atoms with Crippen molar-refractivity contribution in [3.63, 3.8) is 0 Å². The van der Waals surface area contributed by atoms with Crippen LogP contribution >= 0.6 is 11.3 Å². The molecule has 0 unspecified atom stereocenters. The Morgan fingerprint density at radius 2 is 2.11 bits per heavy atom. The summed E-state index contributed by atoms with van der Waals surface area (Å²) in [4.78, 5) is 44.8. The number of likely N-dealkylation sites (N-methyl/N-ethyl adjacent to an activating group) is 1. The van der Waals surface area contributed by atoms with Gasteiger partial charge >= 0.3 is 5.97 Å². The molecule has 0 aliphatic heterocycles. The highest BCUT2D eigenvalue weighted by molar-refractivity contribution is 7.20. The number of esters is 1. The molecule has 2 heterocycles. The Labute approximate surface area is 167 Å². The molecule has 0 spiro atoms.